The maximum Gasteiger partial charge on any atom is 0.250 e. The molecule has 1 aromatic carbocycles. The maximum atomic E-state index is 13.6. The van der Waals surface area contributed by atoms with Crippen LogP contribution in [-0.4, -0.2) is 71.8 Å². The lowest BCUT2D eigenvalue weighted by Gasteiger charge is -2.36. The molecule has 3 aliphatic rings. The van der Waals surface area contributed by atoms with Gasteiger partial charge in [0.25, 0.3) is 0 Å². The number of hydrogen-bond donors (Lipinski definition) is 3. The number of hydrogen-bond acceptors (Lipinski definition) is 6. The summed E-state index contributed by atoms with van der Waals surface area (Å²) in [5, 5.41) is 15.5. The van der Waals surface area contributed by atoms with Gasteiger partial charge in [-0.2, -0.15) is 0 Å². The first-order chi connectivity index (χ1) is 15.7. The molecule has 3 fully saturated rings. The second-order valence-electron chi connectivity index (χ2n) is 9.47. The molecule has 3 N–H and O–H groups in total. The van der Waals surface area contributed by atoms with E-state index in [0.717, 1.165) is 6.42 Å². The minimum absolute atomic E-state index is 0.00443. The zero-order valence-corrected chi connectivity index (χ0v) is 19.6. The third-order valence-electron chi connectivity index (χ3n) is 7.59. The van der Waals surface area contributed by atoms with Gasteiger partial charge >= 0.3 is 0 Å². The highest BCUT2D eigenvalue weighted by Gasteiger charge is 2.79. The topological polar surface area (TPSA) is 117 Å². The molecular formula is C24H33N3O6. The van der Waals surface area contributed by atoms with E-state index in [1.165, 1.54) is 4.90 Å². The predicted molar refractivity (Wildman–Crippen MR) is 120 cm³/mol. The first-order valence-electron chi connectivity index (χ1n) is 11.6. The molecular weight excluding hydrogens is 426 g/mol. The Kier molecular flexibility index (Phi) is 6.13. The molecule has 3 unspecified atom stereocenters. The Labute approximate surface area is 193 Å². The van der Waals surface area contributed by atoms with Crippen molar-refractivity contribution in [3.63, 3.8) is 0 Å². The fourth-order valence-corrected chi connectivity index (χ4v) is 6.03. The van der Waals surface area contributed by atoms with Crippen LogP contribution in [-0.2, 0) is 19.1 Å². The summed E-state index contributed by atoms with van der Waals surface area (Å²) in [4.78, 5) is 41.8. The van der Waals surface area contributed by atoms with Crippen molar-refractivity contribution in [1.82, 2.24) is 10.2 Å². The molecule has 0 radical (unpaired) electrons. The van der Waals surface area contributed by atoms with Crippen molar-refractivity contribution in [2.45, 2.75) is 50.9 Å². The first-order valence-corrected chi connectivity index (χ1v) is 11.6. The zero-order chi connectivity index (χ0) is 24.0. The molecule has 1 aromatic rings. The third kappa shape index (κ3) is 3.49. The molecule has 9 nitrogen and oxygen atoms in total. The van der Waals surface area contributed by atoms with E-state index in [-0.39, 0.29) is 30.9 Å². The number of β-amino-alcohol motifs (C(OH)–C–C–N with tert-alkyl or cyclic N) is 1. The number of amides is 3. The Bertz CT molecular complexity index is 937. The smallest absolute Gasteiger partial charge is 0.250 e. The van der Waals surface area contributed by atoms with Gasteiger partial charge in [0.2, 0.25) is 17.7 Å². The fourth-order valence-electron chi connectivity index (χ4n) is 6.03. The number of carbonyl (C=O) groups is 3. The minimum Gasteiger partial charge on any atom is -0.497 e. The van der Waals surface area contributed by atoms with Gasteiger partial charge in [-0.3, -0.25) is 14.4 Å². The Balaban J connectivity index is 1.70. The number of ether oxygens (including phenoxy) is 2. The van der Waals surface area contributed by atoms with Crippen molar-refractivity contribution in [2.75, 3.05) is 32.1 Å². The van der Waals surface area contributed by atoms with Gasteiger partial charge in [0.15, 0.2) is 0 Å². The molecule has 0 saturated carbocycles. The number of nitrogens with one attached hydrogen (secondary N) is 2. The molecule has 3 amide bonds. The van der Waals surface area contributed by atoms with Crippen molar-refractivity contribution in [2.24, 2.45) is 17.8 Å². The van der Waals surface area contributed by atoms with E-state index < -0.39 is 35.0 Å². The largest absolute Gasteiger partial charge is 0.497 e. The van der Waals surface area contributed by atoms with Crippen LogP contribution in [0.4, 0.5) is 5.69 Å². The van der Waals surface area contributed by atoms with E-state index in [1.54, 1.807) is 31.4 Å². The van der Waals surface area contributed by atoms with Crippen LogP contribution in [0.3, 0.4) is 0 Å². The summed E-state index contributed by atoms with van der Waals surface area (Å²) >= 11 is 0. The van der Waals surface area contributed by atoms with Crippen LogP contribution in [0.1, 0.15) is 33.6 Å². The molecule has 9 heteroatoms. The van der Waals surface area contributed by atoms with E-state index >= 15 is 0 Å². The standard InChI is InChI=1S/C24H33N3O6/c1-5-10-25-20(29)17-18-22(31)27(11-12-28)19(24(18)13-14(2)23(17,3)33-24)21(30)26-15-6-8-16(32-4)9-7-15/h6-9,14,17-19,28H,5,10-13H2,1-4H3,(H,25,29)(H,26,30)/t14?,17-,18-,19?,23+,24?/m0/s1. The van der Waals surface area contributed by atoms with Crippen molar-refractivity contribution >= 4 is 23.4 Å². The molecule has 0 aliphatic carbocycles. The number of aliphatic hydroxyl groups excluding tert-OH is 1. The Morgan fingerprint density at radius 3 is 2.58 bits per heavy atom. The second-order valence-corrected chi connectivity index (χ2v) is 9.47. The van der Waals surface area contributed by atoms with Gasteiger partial charge in [0, 0.05) is 18.8 Å². The van der Waals surface area contributed by atoms with Gasteiger partial charge in [-0.1, -0.05) is 13.8 Å². The van der Waals surface area contributed by atoms with Crippen molar-refractivity contribution in [3.8, 4) is 5.75 Å². The average molecular weight is 460 g/mol. The summed E-state index contributed by atoms with van der Waals surface area (Å²) in [6, 6.07) is 5.96. The molecule has 3 heterocycles. The fraction of sp³-hybridized carbons (Fsp3) is 0.625. The van der Waals surface area contributed by atoms with Crippen LogP contribution in [0.25, 0.3) is 0 Å². The van der Waals surface area contributed by atoms with Crippen LogP contribution >= 0.6 is 0 Å². The summed E-state index contributed by atoms with van der Waals surface area (Å²) in [7, 11) is 1.56. The second kappa shape index (κ2) is 8.61. The molecule has 3 aliphatic heterocycles. The summed E-state index contributed by atoms with van der Waals surface area (Å²) < 4.78 is 11.7. The average Bonchev–Trinajstić information content (AvgIpc) is 3.30. The van der Waals surface area contributed by atoms with Crippen LogP contribution in [0, 0.1) is 17.8 Å². The molecule has 1 spiro atoms. The van der Waals surface area contributed by atoms with Gasteiger partial charge in [0.05, 0.1) is 31.2 Å². The van der Waals surface area contributed by atoms with Crippen LogP contribution in [0.2, 0.25) is 0 Å². The predicted octanol–water partition coefficient (Wildman–Crippen LogP) is 1.16. The number of aliphatic hydroxyl groups is 1. The molecule has 4 rings (SSSR count). The summed E-state index contributed by atoms with van der Waals surface area (Å²) in [5.74, 6) is -1.75. The van der Waals surface area contributed by atoms with Crippen LogP contribution in [0.15, 0.2) is 24.3 Å². The maximum absolute atomic E-state index is 13.6. The number of fused-ring (bicyclic) bond motifs is 1. The number of nitrogens with zero attached hydrogens (tertiary/aromatic N) is 1. The molecule has 6 atom stereocenters. The Morgan fingerprint density at radius 1 is 1.27 bits per heavy atom. The molecule has 0 aromatic heterocycles. The number of anilines is 1. The van der Waals surface area contributed by atoms with Gasteiger partial charge in [0.1, 0.15) is 17.4 Å². The zero-order valence-electron chi connectivity index (χ0n) is 19.6. The van der Waals surface area contributed by atoms with E-state index in [0.29, 0.717) is 24.4 Å². The van der Waals surface area contributed by atoms with Crippen LogP contribution < -0.4 is 15.4 Å². The van der Waals surface area contributed by atoms with Gasteiger partial charge in [-0.15, -0.1) is 0 Å². The van der Waals surface area contributed by atoms with Crippen molar-refractivity contribution in [1.29, 1.82) is 0 Å². The highest BCUT2D eigenvalue weighted by molar-refractivity contribution is 6.03. The Hall–Kier alpha value is -2.65. The summed E-state index contributed by atoms with van der Waals surface area (Å²) in [6.07, 6.45) is 1.26. The number of methoxy groups -OCH3 is 1. The molecule has 2 bridgehead atoms. The lowest BCUT2D eigenvalue weighted by atomic mass is 9.62. The van der Waals surface area contributed by atoms with Gasteiger partial charge in [-0.05, 0) is 49.9 Å². The minimum atomic E-state index is -1.12. The normalized spacial score (nSPS) is 34.3. The van der Waals surface area contributed by atoms with E-state index in [4.69, 9.17) is 9.47 Å². The van der Waals surface area contributed by atoms with E-state index in [2.05, 4.69) is 10.6 Å². The highest BCUT2D eigenvalue weighted by Crippen LogP contribution is 2.65. The molecule has 33 heavy (non-hydrogen) atoms. The lowest BCUT2D eigenvalue weighted by molar-refractivity contribution is -0.146. The van der Waals surface area contributed by atoms with E-state index in [1.807, 2.05) is 20.8 Å². The van der Waals surface area contributed by atoms with Gasteiger partial charge < -0.3 is 30.1 Å². The first kappa shape index (κ1) is 23.5. The molecule has 180 valence electrons. The summed E-state index contributed by atoms with van der Waals surface area (Å²) in [6.45, 7) is 6.06. The van der Waals surface area contributed by atoms with Crippen LogP contribution in [0.5, 0.6) is 5.75 Å². The van der Waals surface area contributed by atoms with E-state index in [9.17, 15) is 19.5 Å². The lowest BCUT2D eigenvalue weighted by Crippen LogP contribution is -2.54. The van der Waals surface area contributed by atoms with Gasteiger partial charge in [-0.25, -0.2) is 0 Å². The number of rotatable bonds is 8. The molecule has 3 saturated heterocycles. The quantitative estimate of drug-likeness (QED) is 0.537. The monoisotopic (exact) mass is 459 g/mol. The Morgan fingerprint density at radius 2 is 1.97 bits per heavy atom. The van der Waals surface area contributed by atoms with Crippen molar-refractivity contribution in [3.05, 3.63) is 24.3 Å². The number of likely N-dealkylation sites (tertiary alicyclic amines) is 1. The SMILES string of the molecule is CCCNC(=O)[C@@H]1[C@H]2C(=O)N(CCO)C(C(=O)Nc3ccc(OC)cc3)C23CC(C)[C@@]1(C)O3. The summed E-state index contributed by atoms with van der Waals surface area (Å²) in [5.41, 5.74) is -1.41. The van der Waals surface area contributed by atoms with Crippen molar-refractivity contribution < 1.29 is 29.0 Å². The number of carbonyl (C=O) groups excluding carboxylic acids is 3. The number of benzene rings is 1. The third-order valence-corrected chi connectivity index (χ3v) is 7.59. The highest BCUT2D eigenvalue weighted by atomic mass is 16.5.